The number of rotatable bonds is 13. The molecule has 0 aliphatic carbocycles. The van der Waals surface area contributed by atoms with Gasteiger partial charge in [0.15, 0.2) is 0 Å². The van der Waals surface area contributed by atoms with Gasteiger partial charge in [-0.2, -0.15) is 0 Å². The van der Waals surface area contributed by atoms with Gasteiger partial charge < -0.3 is 42.1 Å². The number of carbonyl (C=O) groups excluding carboxylic acids is 3. The van der Waals surface area contributed by atoms with Gasteiger partial charge in [0.25, 0.3) is 0 Å². The second-order valence-electron chi connectivity index (χ2n) is 8.05. The van der Waals surface area contributed by atoms with E-state index >= 15 is 0 Å². The molecule has 12 heteroatoms. The predicted octanol–water partition coefficient (Wildman–Crippen LogP) is -1.97. The summed E-state index contributed by atoms with van der Waals surface area (Å²) >= 11 is 0. The topological polar surface area (TPSA) is 211 Å². The van der Waals surface area contributed by atoms with Crippen LogP contribution in [-0.4, -0.2) is 81.5 Å². The summed E-state index contributed by atoms with van der Waals surface area (Å²) in [4.78, 5) is 49.1. The molecule has 0 fully saturated rings. The molecule has 4 atom stereocenters. The zero-order chi connectivity index (χ0) is 26.7. The lowest BCUT2D eigenvalue weighted by Gasteiger charge is -2.23. The molecule has 3 amide bonds. The fourth-order valence-electron chi connectivity index (χ4n) is 3.24. The molecule has 36 heavy (non-hydrogen) atoms. The number of hydrogen-bond donors (Lipinski definition) is 8. The fraction of sp³-hybridized carbons (Fsp3) is 0.333. The molecule has 0 aromatic heterocycles. The first-order valence-electron chi connectivity index (χ1n) is 11.1. The molecule has 0 spiro atoms. The molecule has 0 aliphatic rings. The summed E-state index contributed by atoms with van der Waals surface area (Å²) < 4.78 is 0. The second-order valence-corrected chi connectivity index (χ2v) is 8.05. The number of amides is 3. The van der Waals surface area contributed by atoms with Gasteiger partial charge in [-0.15, -0.1) is 0 Å². The van der Waals surface area contributed by atoms with Crippen LogP contribution in [0.4, 0.5) is 0 Å². The number of phenols is 1. The molecule has 12 nitrogen and oxygen atoms in total. The summed E-state index contributed by atoms with van der Waals surface area (Å²) in [6, 6.07) is 9.20. The summed E-state index contributed by atoms with van der Waals surface area (Å²) in [6.45, 7) is -1.68. The van der Waals surface area contributed by atoms with Crippen molar-refractivity contribution in [1.29, 1.82) is 0 Å². The number of aliphatic hydroxyl groups is 2. The molecule has 0 saturated heterocycles. The first-order valence-corrected chi connectivity index (χ1v) is 11.1. The largest absolute Gasteiger partial charge is 0.508 e. The van der Waals surface area contributed by atoms with E-state index in [-0.39, 0.29) is 18.6 Å². The average Bonchev–Trinajstić information content (AvgIpc) is 2.86. The minimum absolute atomic E-state index is 0.00994. The van der Waals surface area contributed by atoms with E-state index in [1.54, 1.807) is 30.3 Å². The van der Waals surface area contributed by atoms with Crippen LogP contribution < -0.4 is 21.7 Å². The van der Waals surface area contributed by atoms with Crippen LogP contribution in [0.3, 0.4) is 0 Å². The van der Waals surface area contributed by atoms with Crippen molar-refractivity contribution in [1.82, 2.24) is 16.0 Å². The molecule has 0 radical (unpaired) electrons. The maximum Gasteiger partial charge on any atom is 0.326 e. The van der Waals surface area contributed by atoms with E-state index in [0.29, 0.717) is 5.56 Å². The number of nitrogens with two attached hydrogens (primary N) is 1. The van der Waals surface area contributed by atoms with Gasteiger partial charge in [0.05, 0.1) is 19.3 Å². The second kappa shape index (κ2) is 13.8. The van der Waals surface area contributed by atoms with E-state index in [9.17, 15) is 39.6 Å². The highest BCUT2D eigenvalue weighted by atomic mass is 16.4. The average molecular weight is 503 g/mol. The minimum Gasteiger partial charge on any atom is -0.508 e. The molecule has 2 rings (SSSR count). The Bertz CT molecular complexity index is 1030. The van der Waals surface area contributed by atoms with Crippen LogP contribution >= 0.6 is 0 Å². The van der Waals surface area contributed by atoms with Crippen LogP contribution in [0, 0.1) is 0 Å². The highest BCUT2D eigenvalue weighted by molar-refractivity contribution is 5.94. The van der Waals surface area contributed by atoms with Gasteiger partial charge in [0.2, 0.25) is 17.7 Å². The quantitative estimate of drug-likeness (QED) is 0.152. The predicted molar refractivity (Wildman–Crippen MR) is 128 cm³/mol. The molecular weight excluding hydrogens is 472 g/mol. The summed E-state index contributed by atoms with van der Waals surface area (Å²) in [5, 5.41) is 44.7. The van der Waals surface area contributed by atoms with Crippen LogP contribution in [0.2, 0.25) is 0 Å². The first kappa shape index (κ1) is 28.2. The molecule has 0 bridgehead atoms. The summed E-state index contributed by atoms with van der Waals surface area (Å²) in [7, 11) is 0. The van der Waals surface area contributed by atoms with Crippen molar-refractivity contribution in [2.75, 3.05) is 13.2 Å². The van der Waals surface area contributed by atoms with Crippen LogP contribution in [0.5, 0.6) is 5.75 Å². The molecule has 2 aromatic carbocycles. The van der Waals surface area contributed by atoms with Crippen LogP contribution in [-0.2, 0) is 32.0 Å². The minimum atomic E-state index is -1.55. The third-order valence-electron chi connectivity index (χ3n) is 5.26. The van der Waals surface area contributed by atoms with Crippen molar-refractivity contribution in [3.8, 4) is 5.75 Å². The van der Waals surface area contributed by atoms with Crippen molar-refractivity contribution in [3.05, 3.63) is 65.7 Å². The van der Waals surface area contributed by atoms with Gasteiger partial charge in [-0.1, -0.05) is 42.5 Å². The Hall–Kier alpha value is -4.00. The standard InChI is InChI=1S/C24H30N4O8/c25-17(10-14-4-2-1-3-5-14)21(32)27-19(12-29)23(34)28-20(13-30)22(33)26-18(24(35)36)11-15-6-8-16(31)9-7-15/h1-9,17-20,29-31H,10-13,25H2,(H,26,33)(H,27,32)(H,28,34)(H,35,36). The third kappa shape index (κ3) is 8.65. The van der Waals surface area contributed by atoms with Gasteiger partial charge in [-0.3, -0.25) is 14.4 Å². The van der Waals surface area contributed by atoms with Crippen molar-refractivity contribution < 1.29 is 39.6 Å². The zero-order valence-electron chi connectivity index (χ0n) is 19.3. The summed E-state index contributed by atoms with van der Waals surface area (Å²) in [5.41, 5.74) is 7.19. The lowest BCUT2D eigenvalue weighted by molar-refractivity contribution is -0.142. The number of carboxylic acids is 1. The Morgan fingerprint density at radius 3 is 1.67 bits per heavy atom. The molecule has 194 valence electrons. The van der Waals surface area contributed by atoms with Crippen LogP contribution in [0.1, 0.15) is 11.1 Å². The Morgan fingerprint density at radius 1 is 0.694 bits per heavy atom. The number of aromatic hydroxyl groups is 1. The van der Waals surface area contributed by atoms with E-state index in [1.165, 1.54) is 24.3 Å². The van der Waals surface area contributed by atoms with Crippen LogP contribution in [0.25, 0.3) is 0 Å². The zero-order valence-corrected chi connectivity index (χ0v) is 19.3. The number of nitrogens with one attached hydrogen (secondary N) is 3. The molecular formula is C24H30N4O8. The Kier molecular flexibility index (Phi) is 10.8. The number of aliphatic carboxylic acids is 1. The van der Waals surface area contributed by atoms with E-state index in [1.807, 2.05) is 0 Å². The molecule has 2 aromatic rings. The molecule has 0 saturated carbocycles. The number of aliphatic hydroxyl groups excluding tert-OH is 2. The summed E-state index contributed by atoms with van der Waals surface area (Å²) in [5.74, 6) is -4.03. The molecule has 4 unspecified atom stereocenters. The highest BCUT2D eigenvalue weighted by Gasteiger charge is 2.30. The molecule has 0 aliphatic heterocycles. The highest BCUT2D eigenvalue weighted by Crippen LogP contribution is 2.11. The van der Waals surface area contributed by atoms with Crippen molar-refractivity contribution in [2.45, 2.75) is 37.0 Å². The van der Waals surface area contributed by atoms with Crippen molar-refractivity contribution >= 4 is 23.7 Å². The van der Waals surface area contributed by atoms with Crippen molar-refractivity contribution in [2.24, 2.45) is 5.73 Å². The van der Waals surface area contributed by atoms with E-state index in [2.05, 4.69) is 16.0 Å². The number of hydrogen-bond acceptors (Lipinski definition) is 8. The van der Waals surface area contributed by atoms with Gasteiger partial charge in [-0.25, -0.2) is 4.79 Å². The Morgan fingerprint density at radius 2 is 1.17 bits per heavy atom. The lowest BCUT2D eigenvalue weighted by Crippen LogP contribution is -2.59. The fourth-order valence-corrected chi connectivity index (χ4v) is 3.24. The normalized spacial score (nSPS) is 14.1. The van der Waals surface area contributed by atoms with Gasteiger partial charge in [0.1, 0.15) is 23.9 Å². The first-order chi connectivity index (χ1) is 17.1. The number of carboxylic acid groups (broad SMARTS) is 1. The van der Waals surface area contributed by atoms with E-state index < -0.39 is 61.1 Å². The maximum atomic E-state index is 12.6. The molecule has 0 heterocycles. The van der Waals surface area contributed by atoms with E-state index in [4.69, 9.17) is 5.73 Å². The smallest absolute Gasteiger partial charge is 0.326 e. The number of phenolic OH excluding ortho intramolecular Hbond substituents is 1. The van der Waals surface area contributed by atoms with Gasteiger partial charge in [0, 0.05) is 6.42 Å². The van der Waals surface area contributed by atoms with Gasteiger partial charge >= 0.3 is 5.97 Å². The number of benzene rings is 2. The van der Waals surface area contributed by atoms with Crippen molar-refractivity contribution in [3.63, 3.8) is 0 Å². The van der Waals surface area contributed by atoms with E-state index in [0.717, 1.165) is 5.56 Å². The summed E-state index contributed by atoms with van der Waals surface area (Å²) in [6.07, 6.45) is 0.0633. The third-order valence-corrected chi connectivity index (χ3v) is 5.26. The Balaban J connectivity index is 1.96. The lowest BCUT2D eigenvalue weighted by atomic mass is 10.1. The van der Waals surface area contributed by atoms with Crippen LogP contribution in [0.15, 0.2) is 54.6 Å². The monoisotopic (exact) mass is 502 g/mol. The Labute approximate surface area is 207 Å². The van der Waals surface area contributed by atoms with Gasteiger partial charge in [-0.05, 0) is 29.7 Å². The maximum absolute atomic E-state index is 12.6. The molecule has 9 N–H and O–H groups in total. The SMILES string of the molecule is NC(Cc1ccccc1)C(=O)NC(CO)C(=O)NC(CO)C(=O)NC(Cc1ccc(O)cc1)C(=O)O. The number of carbonyl (C=O) groups is 4.